The van der Waals surface area contributed by atoms with Crippen LogP contribution in [0.2, 0.25) is 5.02 Å². The predicted molar refractivity (Wildman–Crippen MR) is 117 cm³/mol. The summed E-state index contributed by atoms with van der Waals surface area (Å²) in [6, 6.07) is 15.4. The number of carbonyl (C=O) groups excluding carboxylic acids is 1. The second-order valence-corrected chi connectivity index (χ2v) is 7.92. The number of thioether (sulfide) groups is 1. The van der Waals surface area contributed by atoms with Crippen molar-refractivity contribution in [2.45, 2.75) is 5.16 Å². The summed E-state index contributed by atoms with van der Waals surface area (Å²) >= 11 is 7.46. The molecule has 2 heterocycles. The van der Waals surface area contributed by atoms with E-state index in [1.54, 1.807) is 6.20 Å². The number of ether oxygens (including phenoxy) is 1. The van der Waals surface area contributed by atoms with Gasteiger partial charge in [-0.2, -0.15) is 0 Å². The fourth-order valence-electron chi connectivity index (χ4n) is 3.12. The van der Waals surface area contributed by atoms with Gasteiger partial charge in [0, 0.05) is 47.6 Å². The lowest BCUT2D eigenvalue weighted by molar-refractivity contribution is -0.113. The summed E-state index contributed by atoms with van der Waals surface area (Å²) in [4.78, 5) is 19.0. The highest BCUT2D eigenvalue weighted by atomic mass is 35.5. The third-order valence-electron chi connectivity index (χ3n) is 4.55. The van der Waals surface area contributed by atoms with Gasteiger partial charge in [0.1, 0.15) is 0 Å². The van der Waals surface area contributed by atoms with Crippen LogP contribution < -0.4 is 10.2 Å². The van der Waals surface area contributed by atoms with Gasteiger partial charge in [0.2, 0.25) is 5.91 Å². The maximum atomic E-state index is 12.4. The minimum absolute atomic E-state index is 0.0743. The van der Waals surface area contributed by atoms with Gasteiger partial charge >= 0.3 is 0 Å². The molecule has 0 bridgehead atoms. The van der Waals surface area contributed by atoms with Crippen LogP contribution in [-0.4, -0.2) is 47.5 Å². The van der Waals surface area contributed by atoms with Gasteiger partial charge in [-0.05, 0) is 42.5 Å². The average molecular weight is 429 g/mol. The number of nitrogens with zero attached hydrogens (tertiary/aromatic N) is 3. The number of imidazole rings is 1. The van der Waals surface area contributed by atoms with Crippen LogP contribution in [0.25, 0.3) is 5.69 Å². The zero-order valence-electron chi connectivity index (χ0n) is 15.8. The number of hydrogen-bond donors (Lipinski definition) is 1. The normalized spacial score (nSPS) is 14.0. The number of aromatic nitrogens is 2. The van der Waals surface area contributed by atoms with Crippen molar-refractivity contribution in [2.24, 2.45) is 0 Å². The molecule has 1 amide bonds. The van der Waals surface area contributed by atoms with Crippen LogP contribution in [-0.2, 0) is 9.53 Å². The van der Waals surface area contributed by atoms with E-state index in [2.05, 4.69) is 15.2 Å². The first-order chi connectivity index (χ1) is 14.2. The van der Waals surface area contributed by atoms with E-state index >= 15 is 0 Å². The van der Waals surface area contributed by atoms with Gasteiger partial charge in [0.05, 0.1) is 19.0 Å². The van der Waals surface area contributed by atoms with Gasteiger partial charge in [-0.15, -0.1) is 0 Å². The third kappa shape index (κ3) is 5.12. The average Bonchev–Trinajstić information content (AvgIpc) is 3.22. The van der Waals surface area contributed by atoms with Crippen molar-refractivity contribution in [1.82, 2.24) is 9.55 Å². The van der Waals surface area contributed by atoms with Gasteiger partial charge < -0.3 is 15.0 Å². The number of hydrogen-bond acceptors (Lipinski definition) is 5. The second kappa shape index (κ2) is 9.35. The highest BCUT2D eigenvalue weighted by molar-refractivity contribution is 7.99. The topological polar surface area (TPSA) is 59.4 Å². The Kier molecular flexibility index (Phi) is 6.39. The summed E-state index contributed by atoms with van der Waals surface area (Å²) in [6.07, 6.45) is 3.57. The zero-order valence-corrected chi connectivity index (χ0v) is 17.3. The van der Waals surface area contributed by atoms with E-state index in [-0.39, 0.29) is 11.7 Å². The van der Waals surface area contributed by atoms with Gasteiger partial charge in [0.15, 0.2) is 5.16 Å². The molecule has 1 aromatic heterocycles. The van der Waals surface area contributed by atoms with Crippen LogP contribution >= 0.6 is 23.4 Å². The largest absolute Gasteiger partial charge is 0.378 e. The fraction of sp³-hybridized carbons (Fsp3) is 0.238. The number of rotatable bonds is 6. The van der Waals surface area contributed by atoms with Gasteiger partial charge in [0.25, 0.3) is 0 Å². The summed E-state index contributed by atoms with van der Waals surface area (Å²) < 4.78 is 7.30. The summed E-state index contributed by atoms with van der Waals surface area (Å²) in [5, 5.41) is 4.34. The van der Waals surface area contributed by atoms with Crippen molar-refractivity contribution in [3.8, 4) is 5.69 Å². The molecule has 0 unspecified atom stereocenters. The Morgan fingerprint density at radius 2 is 1.93 bits per heavy atom. The Hall–Kier alpha value is -2.48. The molecule has 4 rings (SSSR count). The molecule has 0 radical (unpaired) electrons. The molecule has 1 saturated heterocycles. The molecule has 2 aromatic carbocycles. The van der Waals surface area contributed by atoms with Crippen molar-refractivity contribution in [3.63, 3.8) is 0 Å². The SMILES string of the molecule is O=C(CSc1nccn1-c1cccc(Cl)c1)Nc1ccc(N2CCOCC2)cc1. The molecule has 3 aromatic rings. The maximum absolute atomic E-state index is 12.4. The molecule has 0 aliphatic carbocycles. The van der Waals surface area contributed by atoms with Crippen LogP contribution in [0.5, 0.6) is 0 Å². The van der Waals surface area contributed by atoms with E-state index in [1.807, 2.05) is 59.3 Å². The van der Waals surface area contributed by atoms with Crippen LogP contribution in [0, 0.1) is 0 Å². The fourth-order valence-corrected chi connectivity index (χ4v) is 4.08. The van der Waals surface area contributed by atoms with Gasteiger partial charge in [-0.1, -0.05) is 29.4 Å². The lowest BCUT2D eigenvalue weighted by Gasteiger charge is -2.28. The molecular formula is C21H21ClN4O2S. The highest BCUT2D eigenvalue weighted by Gasteiger charge is 2.12. The smallest absolute Gasteiger partial charge is 0.234 e. The molecule has 6 nitrogen and oxygen atoms in total. The standard InChI is InChI=1S/C21H21ClN4O2S/c22-16-2-1-3-19(14-16)26-9-8-23-21(26)29-15-20(27)24-17-4-6-18(7-5-17)25-10-12-28-13-11-25/h1-9,14H,10-13,15H2,(H,24,27). The van der Waals surface area contributed by atoms with Crippen LogP contribution in [0.15, 0.2) is 66.1 Å². The van der Waals surface area contributed by atoms with E-state index in [9.17, 15) is 4.79 Å². The van der Waals surface area contributed by atoms with E-state index in [0.717, 1.165) is 48.5 Å². The Labute approximate surface area is 178 Å². The van der Waals surface area contributed by atoms with Crippen molar-refractivity contribution in [1.29, 1.82) is 0 Å². The van der Waals surface area contributed by atoms with E-state index in [1.165, 1.54) is 11.8 Å². The second-order valence-electron chi connectivity index (χ2n) is 6.54. The van der Waals surface area contributed by atoms with Crippen molar-refractivity contribution in [2.75, 3.05) is 42.3 Å². The van der Waals surface area contributed by atoms with Crippen LogP contribution in [0.1, 0.15) is 0 Å². The van der Waals surface area contributed by atoms with E-state index in [4.69, 9.17) is 16.3 Å². The minimum Gasteiger partial charge on any atom is -0.378 e. The Morgan fingerprint density at radius 1 is 1.14 bits per heavy atom. The molecule has 0 saturated carbocycles. The lowest BCUT2D eigenvalue weighted by atomic mass is 10.2. The number of benzene rings is 2. The van der Waals surface area contributed by atoms with Crippen molar-refractivity contribution in [3.05, 3.63) is 65.9 Å². The molecule has 0 spiro atoms. The Morgan fingerprint density at radius 3 is 2.69 bits per heavy atom. The van der Waals surface area contributed by atoms with E-state index < -0.39 is 0 Å². The highest BCUT2D eigenvalue weighted by Crippen LogP contribution is 2.23. The minimum atomic E-state index is -0.0743. The first-order valence-electron chi connectivity index (χ1n) is 9.34. The summed E-state index contributed by atoms with van der Waals surface area (Å²) in [5.74, 6) is 0.192. The summed E-state index contributed by atoms with van der Waals surface area (Å²) in [7, 11) is 0. The molecule has 1 N–H and O–H groups in total. The number of amides is 1. The molecule has 1 fully saturated rings. The first kappa shape index (κ1) is 19.8. The predicted octanol–water partition coefficient (Wildman–Crippen LogP) is 4.09. The number of carbonyl (C=O) groups is 1. The molecule has 8 heteroatoms. The number of anilines is 2. The molecule has 0 atom stereocenters. The molecule has 1 aliphatic rings. The van der Waals surface area contributed by atoms with Gasteiger partial charge in [-0.3, -0.25) is 9.36 Å². The molecule has 150 valence electrons. The van der Waals surface area contributed by atoms with Crippen molar-refractivity contribution >= 4 is 40.6 Å². The molecule has 29 heavy (non-hydrogen) atoms. The third-order valence-corrected chi connectivity index (χ3v) is 5.75. The Bertz CT molecular complexity index is 971. The number of nitrogens with one attached hydrogen (secondary N) is 1. The Balaban J connectivity index is 1.33. The van der Waals surface area contributed by atoms with Crippen LogP contribution in [0.3, 0.4) is 0 Å². The number of morpholine rings is 1. The number of halogens is 1. The molecule has 1 aliphatic heterocycles. The van der Waals surface area contributed by atoms with Gasteiger partial charge in [-0.25, -0.2) is 4.98 Å². The zero-order chi connectivity index (χ0) is 20.1. The first-order valence-corrected chi connectivity index (χ1v) is 10.7. The summed E-state index contributed by atoms with van der Waals surface area (Å²) in [6.45, 7) is 3.28. The molecular weight excluding hydrogens is 408 g/mol. The van der Waals surface area contributed by atoms with Crippen LogP contribution in [0.4, 0.5) is 11.4 Å². The summed E-state index contributed by atoms with van der Waals surface area (Å²) in [5.41, 5.74) is 2.84. The lowest BCUT2D eigenvalue weighted by Crippen LogP contribution is -2.36. The maximum Gasteiger partial charge on any atom is 0.234 e. The van der Waals surface area contributed by atoms with E-state index in [0.29, 0.717) is 5.02 Å². The monoisotopic (exact) mass is 428 g/mol. The van der Waals surface area contributed by atoms with Crippen molar-refractivity contribution < 1.29 is 9.53 Å². The quantitative estimate of drug-likeness (QED) is 0.599.